The van der Waals surface area contributed by atoms with E-state index >= 15 is 0 Å². The summed E-state index contributed by atoms with van der Waals surface area (Å²) in [4.78, 5) is 4.26. The zero-order chi connectivity index (χ0) is 10.4. The molecule has 0 radical (unpaired) electrons. The molecule has 1 aromatic rings. The molecule has 0 bridgehead atoms. The number of hydrogen-bond acceptors (Lipinski definition) is 2. The molecule has 0 aliphatic carbocycles. The van der Waals surface area contributed by atoms with Crippen LogP contribution in [-0.4, -0.2) is 17.0 Å². The third-order valence-electron chi connectivity index (χ3n) is 2.11. The van der Waals surface area contributed by atoms with Crippen LogP contribution >= 0.6 is 0 Å². The van der Waals surface area contributed by atoms with Crippen molar-refractivity contribution in [1.29, 1.82) is 0 Å². The van der Waals surface area contributed by atoms with Crippen LogP contribution in [0.1, 0.15) is 32.3 Å². The second-order valence-corrected chi connectivity index (χ2v) is 3.18. The van der Waals surface area contributed by atoms with Gasteiger partial charge in [0.1, 0.15) is 6.23 Å². The molecular weight excluding hydrogens is 174 g/mol. The number of rotatable bonds is 4. The molecule has 14 heavy (non-hydrogen) atoms. The second-order valence-electron chi connectivity index (χ2n) is 3.18. The third-order valence-corrected chi connectivity index (χ3v) is 2.11. The summed E-state index contributed by atoms with van der Waals surface area (Å²) in [5.74, 6) is 0. The van der Waals surface area contributed by atoms with E-state index in [1.807, 2.05) is 44.2 Å². The van der Waals surface area contributed by atoms with Gasteiger partial charge in [0.25, 0.3) is 0 Å². The van der Waals surface area contributed by atoms with Crippen molar-refractivity contribution in [3.63, 3.8) is 0 Å². The lowest BCUT2D eigenvalue weighted by molar-refractivity contribution is 0.180. The zero-order valence-electron chi connectivity index (χ0n) is 8.77. The Bertz CT molecular complexity index is 292. The van der Waals surface area contributed by atoms with Crippen molar-refractivity contribution in [3.8, 4) is 0 Å². The molecule has 0 spiro atoms. The van der Waals surface area contributed by atoms with E-state index in [0.29, 0.717) is 6.42 Å². The van der Waals surface area contributed by atoms with Gasteiger partial charge >= 0.3 is 0 Å². The van der Waals surface area contributed by atoms with Crippen molar-refractivity contribution in [1.82, 2.24) is 0 Å². The summed E-state index contributed by atoms with van der Waals surface area (Å²) in [6.07, 6.45) is 0.947. The largest absolute Gasteiger partial charge is 0.372 e. The Morgan fingerprint density at radius 3 is 2.43 bits per heavy atom. The summed E-state index contributed by atoms with van der Waals surface area (Å²) in [5, 5.41) is 9.43. The van der Waals surface area contributed by atoms with Crippen molar-refractivity contribution < 1.29 is 5.11 Å². The van der Waals surface area contributed by atoms with E-state index in [1.54, 1.807) is 0 Å². The van der Waals surface area contributed by atoms with E-state index in [4.69, 9.17) is 0 Å². The maximum absolute atomic E-state index is 9.43. The molecule has 0 amide bonds. The van der Waals surface area contributed by atoms with Crippen molar-refractivity contribution in [2.45, 2.75) is 32.9 Å². The smallest absolute Gasteiger partial charge is 0.145 e. The normalized spacial score (nSPS) is 14.1. The average molecular weight is 191 g/mol. The van der Waals surface area contributed by atoms with Gasteiger partial charge in [0.15, 0.2) is 0 Å². The first-order valence-corrected chi connectivity index (χ1v) is 5.08. The van der Waals surface area contributed by atoms with E-state index in [-0.39, 0.29) is 0 Å². The summed E-state index contributed by atoms with van der Waals surface area (Å²) in [6, 6.07) is 9.99. The molecule has 1 rings (SSSR count). The highest BCUT2D eigenvalue weighted by Crippen LogP contribution is 2.06. The van der Waals surface area contributed by atoms with Crippen molar-refractivity contribution in [2.75, 3.05) is 0 Å². The number of aliphatic imine (C=N–C) groups is 1. The highest BCUT2D eigenvalue weighted by atomic mass is 16.3. The fourth-order valence-electron chi connectivity index (χ4n) is 1.27. The van der Waals surface area contributed by atoms with Crippen LogP contribution in [0.2, 0.25) is 0 Å². The minimum Gasteiger partial charge on any atom is -0.372 e. The highest BCUT2D eigenvalue weighted by Gasteiger charge is 2.02. The van der Waals surface area contributed by atoms with E-state index < -0.39 is 6.23 Å². The number of nitrogens with zero attached hydrogens (tertiary/aromatic N) is 1. The first-order valence-electron chi connectivity index (χ1n) is 5.08. The molecule has 2 heteroatoms. The summed E-state index contributed by atoms with van der Waals surface area (Å²) in [6.45, 7) is 3.97. The van der Waals surface area contributed by atoms with Gasteiger partial charge in [0, 0.05) is 5.71 Å². The van der Waals surface area contributed by atoms with Gasteiger partial charge in [-0.2, -0.15) is 0 Å². The maximum Gasteiger partial charge on any atom is 0.145 e. The topological polar surface area (TPSA) is 32.6 Å². The first-order chi connectivity index (χ1) is 6.77. The van der Waals surface area contributed by atoms with Gasteiger partial charge in [-0.05, 0) is 18.4 Å². The molecule has 0 fully saturated rings. The molecule has 2 nitrogen and oxygen atoms in total. The quantitative estimate of drug-likeness (QED) is 0.729. The molecule has 0 aliphatic rings. The summed E-state index contributed by atoms with van der Waals surface area (Å²) < 4.78 is 0. The first kappa shape index (κ1) is 10.9. The monoisotopic (exact) mass is 191 g/mol. The molecule has 0 heterocycles. The Balaban J connectivity index is 2.87. The molecule has 1 unspecified atom stereocenters. The molecule has 1 atom stereocenters. The third kappa shape index (κ3) is 2.96. The highest BCUT2D eigenvalue weighted by molar-refractivity contribution is 6.00. The molecule has 76 valence electrons. The predicted octanol–water partition coefficient (Wildman–Crippen LogP) is 2.61. The second kappa shape index (κ2) is 5.55. The van der Waals surface area contributed by atoms with Gasteiger partial charge < -0.3 is 5.11 Å². The summed E-state index contributed by atoms with van der Waals surface area (Å²) in [5.41, 5.74) is 2.07. The Morgan fingerprint density at radius 1 is 1.29 bits per heavy atom. The molecule has 0 saturated heterocycles. The molecule has 0 aromatic heterocycles. The molecule has 0 saturated carbocycles. The van der Waals surface area contributed by atoms with Crippen LogP contribution < -0.4 is 0 Å². The lowest BCUT2D eigenvalue weighted by atomic mass is 10.1. The van der Waals surface area contributed by atoms with Crippen LogP contribution in [0.4, 0.5) is 0 Å². The van der Waals surface area contributed by atoms with Crippen molar-refractivity contribution in [2.24, 2.45) is 4.99 Å². The minimum atomic E-state index is -0.565. The molecular formula is C12H17NO. The SMILES string of the molecule is CC/C(=N\C(O)CC)c1ccccc1. The number of aliphatic hydroxyl groups excluding tert-OH is 1. The van der Waals surface area contributed by atoms with Crippen LogP contribution in [0.15, 0.2) is 35.3 Å². The Morgan fingerprint density at radius 2 is 1.93 bits per heavy atom. The Hall–Kier alpha value is -1.15. The van der Waals surface area contributed by atoms with Crippen LogP contribution in [0, 0.1) is 0 Å². The van der Waals surface area contributed by atoms with Crippen LogP contribution in [0.25, 0.3) is 0 Å². The van der Waals surface area contributed by atoms with Crippen molar-refractivity contribution in [3.05, 3.63) is 35.9 Å². The number of aliphatic hydroxyl groups is 1. The van der Waals surface area contributed by atoms with E-state index in [9.17, 15) is 5.11 Å². The van der Waals surface area contributed by atoms with Crippen molar-refractivity contribution >= 4 is 5.71 Å². The van der Waals surface area contributed by atoms with Gasteiger partial charge in [0.05, 0.1) is 0 Å². The number of hydrogen-bond donors (Lipinski definition) is 1. The molecule has 1 aromatic carbocycles. The van der Waals surface area contributed by atoms with Gasteiger partial charge in [0.2, 0.25) is 0 Å². The van der Waals surface area contributed by atoms with Gasteiger partial charge in [-0.25, -0.2) is 0 Å². The van der Waals surface area contributed by atoms with E-state index in [0.717, 1.165) is 17.7 Å². The predicted molar refractivity (Wildman–Crippen MR) is 59.6 cm³/mol. The standard InChI is InChI=1S/C12H17NO/c1-3-11(13-12(14)4-2)10-8-6-5-7-9-10/h5-9,12,14H,3-4H2,1-2H3/b13-11+. The van der Waals surface area contributed by atoms with Gasteiger partial charge in [-0.15, -0.1) is 0 Å². The van der Waals surface area contributed by atoms with Crippen LogP contribution in [-0.2, 0) is 0 Å². The van der Waals surface area contributed by atoms with E-state index in [2.05, 4.69) is 4.99 Å². The average Bonchev–Trinajstić information content (AvgIpc) is 2.26. The molecule has 1 N–H and O–H groups in total. The lowest BCUT2D eigenvalue weighted by Crippen LogP contribution is -2.07. The minimum absolute atomic E-state index is 0.565. The van der Waals surface area contributed by atoms with Crippen LogP contribution in [0.5, 0.6) is 0 Å². The number of benzene rings is 1. The lowest BCUT2D eigenvalue weighted by Gasteiger charge is -2.07. The van der Waals surface area contributed by atoms with E-state index in [1.165, 1.54) is 0 Å². The maximum atomic E-state index is 9.43. The fraction of sp³-hybridized carbons (Fsp3) is 0.417. The summed E-state index contributed by atoms with van der Waals surface area (Å²) >= 11 is 0. The molecule has 0 aliphatic heterocycles. The zero-order valence-corrected chi connectivity index (χ0v) is 8.77. The van der Waals surface area contributed by atoms with Gasteiger partial charge in [-0.1, -0.05) is 44.2 Å². The fourth-order valence-corrected chi connectivity index (χ4v) is 1.27. The Labute approximate surface area is 85.3 Å². The Kier molecular flexibility index (Phi) is 4.33. The van der Waals surface area contributed by atoms with Gasteiger partial charge in [-0.3, -0.25) is 4.99 Å². The van der Waals surface area contributed by atoms with Crippen LogP contribution in [0.3, 0.4) is 0 Å². The summed E-state index contributed by atoms with van der Waals surface area (Å²) in [7, 11) is 0.